The third-order valence-corrected chi connectivity index (χ3v) is 7.70. The number of aryl methyl sites for hydroxylation is 1. The molecular formula is C32H47N3O5. The van der Waals surface area contributed by atoms with E-state index in [0.29, 0.717) is 31.7 Å². The van der Waals surface area contributed by atoms with Crippen molar-refractivity contribution in [1.82, 2.24) is 15.1 Å². The van der Waals surface area contributed by atoms with Crippen molar-refractivity contribution < 1.29 is 23.7 Å². The Bertz CT molecular complexity index is 1080. The van der Waals surface area contributed by atoms with Crippen molar-refractivity contribution in [1.29, 1.82) is 0 Å². The summed E-state index contributed by atoms with van der Waals surface area (Å²) < 4.78 is 23.8. The van der Waals surface area contributed by atoms with E-state index in [1.165, 1.54) is 19.3 Å². The molecule has 1 unspecified atom stereocenters. The van der Waals surface area contributed by atoms with Crippen molar-refractivity contribution >= 4 is 6.09 Å². The summed E-state index contributed by atoms with van der Waals surface area (Å²) in [6.07, 6.45) is 9.82. The molecule has 1 aliphatic heterocycles. The summed E-state index contributed by atoms with van der Waals surface area (Å²) in [6, 6.07) is 10.3. The number of carbonyl (C=O) groups excluding carboxylic acids is 1. The minimum absolute atomic E-state index is 0.00694. The monoisotopic (exact) mass is 553 g/mol. The van der Waals surface area contributed by atoms with Gasteiger partial charge >= 0.3 is 6.09 Å². The van der Waals surface area contributed by atoms with E-state index in [-0.39, 0.29) is 18.1 Å². The van der Waals surface area contributed by atoms with E-state index in [9.17, 15) is 4.79 Å². The molecule has 0 radical (unpaired) electrons. The number of benzene rings is 1. The fourth-order valence-corrected chi connectivity index (χ4v) is 5.50. The lowest BCUT2D eigenvalue weighted by Gasteiger charge is -2.38. The van der Waals surface area contributed by atoms with Gasteiger partial charge in [-0.2, -0.15) is 5.10 Å². The highest BCUT2D eigenvalue weighted by Gasteiger charge is 2.34. The molecule has 2 aliphatic rings. The van der Waals surface area contributed by atoms with Gasteiger partial charge in [0.05, 0.1) is 24.5 Å². The number of hydrogen-bond acceptors (Lipinski definition) is 7. The van der Waals surface area contributed by atoms with Gasteiger partial charge in [-0.25, -0.2) is 4.79 Å². The maximum absolute atomic E-state index is 12.7. The Hall–Kier alpha value is -2.87. The lowest BCUT2D eigenvalue weighted by atomic mass is 9.95. The van der Waals surface area contributed by atoms with E-state index in [1.54, 1.807) is 12.0 Å². The molecule has 220 valence electrons. The second-order valence-corrected chi connectivity index (χ2v) is 12.1. The molecule has 0 spiro atoms. The highest BCUT2D eigenvalue weighted by atomic mass is 16.6. The Balaban J connectivity index is 1.45. The third kappa shape index (κ3) is 8.56. The molecule has 1 aromatic carbocycles. The van der Waals surface area contributed by atoms with Crippen LogP contribution < -0.4 is 9.47 Å². The van der Waals surface area contributed by atoms with E-state index in [1.807, 2.05) is 26.8 Å². The second kappa shape index (κ2) is 14.2. The van der Waals surface area contributed by atoms with E-state index in [4.69, 9.17) is 18.9 Å². The first kappa shape index (κ1) is 30.1. The van der Waals surface area contributed by atoms with Gasteiger partial charge in [-0.1, -0.05) is 31.9 Å². The van der Waals surface area contributed by atoms with Crippen LogP contribution in [-0.2, 0) is 15.9 Å². The van der Waals surface area contributed by atoms with E-state index >= 15 is 0 Å². The predicted molar refractivity (Wildman–Crippen MR) is 156 cm³/mol. The number of amides is 1. The Labute approximate surface area is 239 Å². The Kier molecular flexibility index (Phi) is 10.6. The number of unbranched alkanes of at least 4 members (excludes halogenated alkanes) is 1. The van der Waals surface area contributed by atoms with E-state index in [0.717, 1.165) is 61.1 Å². The molecule has 1 aliphatic carbocycles. The van der Waals surface area contributed by atoms with E-state index < -0.39 is 5.60 Å². The van der Waals surface area contributed by atoms with Gasteiger partial charge in [-0.15, -0.1) is 5.10 Å². The standard InChI is InChI=1S/C32H47N3O5/c1-6-7-13-28-27(23-14-16-26(17-15-23)39-25-11-9-8-10-12-25)20-30(34-33-28)38-22-24-21-35(19-18-29(24)37-5)31(36)40-32(2,3)4/h14-17,20,24-25,29H,6-13,18-19,21-22H2,1-5H3/t24?,29-/m0/s1. The van der Waals surface area contributed by atoms with Gasteiger partial charge in [0.2, 0.25) is 5.88 Å². The summed E-state index contributed by atoms with van der Waals surface area (Å²) in [5.41, 5.74) is 2.54. The van der Waals surface area contributed by atoms with Gasteiger partial charge in [0, 0.05) is 37.7 Å². The van der Waals surface area contributed by atoms with Gasteiger partial charge in [0.1, 0.15) is 11.4 Å². The number of likely N-dealkylation sites (tertiary alicyclic amines) is 1. The number of methoxy groups -OCH3 is 1. The Morgan fingerprint density at radius 3 is 2.48 bits per heavy atom. The molecule has 2 atom stereocenters. The number of rotatable bonds is 10. The van der Waals surface area contributed by atoms with Crippen LogP contribution >= 0.6 is 0 Å². The van der Waals surface area contributed by atoms with Crippen LogP contribution in [-0.4, -0.2) is 65.8 Å². The van der Waals surface area contributed by atoms with Gasteiger partial charge in [-0.05, 0) is 83.4 Å². The molecule has 8 heteroatoms. The summed E-state index contributed by atoms with van der Waals surface area (Å²) in [7, 11) is 1.71. The zero-order valence-electron chi connectivity index (χ0n) is 25.0. The van der Waals surface area contributed by atoms with Crippen LogP contribution in [0.4, 0.5) is 4.79 Å². The molecular weight excluding hydrogens is 506 g/mol. The van der Waals surface area contributed by atoms with Crippen LogP contribution in [0.3, 0.4) is 0 Å². The largest absolute Gasteiger partial charge is 0.490 e. The summed E-state index contributed by atoms with van der Waals surface area (Å²) in [5, 5.41) is 8.98. The molecule has 0 bridgehead atoms. The average molecular weight is 554 g/mol. The van der Waals surface area contributed by atoms with Gasteiger partial charge < -0.3 is 23.8 Å². The Morgan fingerprint density at radius 2 is 1.80 bits per heavy atom. The minimum atomic E-state index is -0.535. The number of nitrogens with zero attached hydrogens (tertiary/aromatic N) is 3. The lowest BCUT2D eigenvalue weighted by Crippen LogP contribution is -2.49. The van der Waals surface area contributed by atoms with Gasteiger partial charge in [-0.3, -0.25) is 0 Å². The topological polar surface area (TPSA) is 83.0 Å². The SMILES string of the molecule is CCCCc1nnc(OCC2CN(C(=O)OC(C)(C)C)CC[C@@H]2OC)cc1-c1ccc(OC2CCCCC2)cc1. The quantitative estimate of drug-likeness (QED) is 0.318. The maximum atomic E-state index is 12.7. The number of hydrogen-bond donors (Lipinski definition) is 0. The molecule has 2 fully saturated rings. The van der Waals surface area contributed by atoms with Crippen LogP contribution in [0.1, 0.15) is 84.8 Å². The van der Waals surface area contributed by atoms with Crippen LogP contribution in [0.25, 0.3) is 11.1 Å². The van der Waals surface area contributed by atoms with E-state index in [2.05, 4.69) is 41.4 Å². The maximum Gasteiger partial charge on any atom is 0.410 e. The summed E-state index contributed by atoms with van der Waals surface area (Å²) >= 11 is 0. The van der Waals surface area contributed by atoms with Gasteiger partial charge in [0.25, 0.3) is 0 Å². The molecule has 2 heterocycles. The van der Waals surface area contributed by atoms with Crippen LogP contribution in [0, 0.1) is 5.92 Å². The predicted octanol–water partition coefficient (Wildman–Crippen LogP) is 6.85. The number of ether oxygens (including phenoxy) is 4. The summed E-state index contributed by atoms with van der Waals surface area (Å²) in [4.78, 5) is 14.4. The highest BCUT2D eigenvalue weighted by Crippen LogP contribution is 2.30. The van der Waals surface area contributed by atoms with Crippen molar-refractivity contribution in [2.75, 3.05) is 26.8 Å². The number of aromatic nitrogens is 2. The van der Waals surface area contributed by atoms with Crippen molar-refractivity contribution in [3.05, 3.63) is 36.0 Å². The molecule has 1 aromatic heterocycles. The molecule has 40 heavy (non-hydrogen) atoms. The van der Waals surface area contributed by atoms with Crippen LogP contribution in [0.5, 0.6) is 11.6 Å². The van der Waals surface area contributed by atoms with Crippen molar-refractivity contribution in [3.63, 3.8) is 0 Å². The van der Waals surface area contributed by atoms with Crippen LogP contribution in [0.15, 0.2) is 30.3 Å². The highest BCUT2D eigenvalue weighted by molar-refractivity contribution is 5.68. The fourth-order valence-electron chi connectivity index (χ4n) is 5.50. The normalized spacial score (nSPS) is 20.3. The third-order valence-electron chi connectivity index (χ3n) is 7.70. The summed E-state index contributed by atoms with van der Waals surface area (Å²) in [5.74, 6) is 1.39. The van der Waals surface area contributed by atoms with Crippen molar-refractivity contribution in [2.24, 2.45) is 5.92 Å². The summed E-state index contributed by atoms with van der Waals surface area (Å²) in [6.45, 7) is 9.29. The lowest BCUT2D eigenvalue weighted by molar-refractivity contribution is -0.0347. The zero-order chi connectivity index (χ0) is 28.5. The second-order valence-electron chi connectivity index (χ2n) is 12.1. The zero-order valence-corrected chi connectivity index (χ0v) is 25.0. The number of piperidine rings is 1. The molecule has 8 nitrogen and oxygen atoms in total. The molecule has 1 saturated heterocycles. The minimum Gasteiger partial charge on any atom is -0.490 e. The van der Waals surface area contributed by atoms with Crippen molar-refractivity contribution in [3.8, 4) is 22.8 Å². The molecule has 2 aromatic rings. The first-order chi connectivity index (χ1) is 19.3. The fraction of sp³-hybridized carbons (Fsp3) is 0.656. The van der Waals surface area contributed by atoms with Gasteiger partial charge in [0.15, 0.2) is 0 Å². The first-order valence-corrected chi connectivity index (χ1v) is 15.0. The average Bonchev–Trinajstić information content (AvgIpc) is 2.95. The first-order valence-electron chi connectivity index (χ1n) is 15.0. The Morgan fingerprint density at radius 1 is 1.05 bits per heavy atom. The molecule has 1 saturated carbocycles. The molecule has 1 amide bonds. The van der Waals surface area contributed by atoms with Crippen molar-refractivity contribution in [2.45, 2.75) is 103 Å². The van der Waals surface area contributed by atoms with Crippen LogP contribution in [0.2, 0.25) is 0 Å². The molecule has 4 rings (SSSR count). The smallest absolute Gasteiger partial charge is 0.410 e. The molecule has 0 N–H and O–H groups in total. The number of carbonyl (C=O) groups is 1.